The Morgan fingerprint density at radius 1 is 1.00 bits per heavy atom. The minimum Gasteiger partial charge on any atom is -0.393 e. The van der Waals surface area contributed by atoms with E-state index in [1.807, 2.05) is 0 Å². The van der Waals surface area contributed by atoms with Crippen LogP contribution in [0.3, 0.4) is 0 Å². The van der Waals surface area contributed by atoms with Gasteiger partial charge in [-0.25, -0.2) is 0 Å². The molecule has 2 nitrogen and oxygen atoms in total. The number of Topliss-reactive ketones (excluding diaryl/α,β-unsaturated/α-hetero) is 1. The second kappa shape index (κ2) is 4.57. The monoisotopic (exact) mass is 290 g/mol. The third kappa shape index (κ3) is 1.84. The molecule has 4 aliphatic rings. The second-order valence-corrected chi connectivity index (χ2v) is 9.00. The molecule has 0 spiro atoms. The van der Waals surface area contributed by atoms with Gasteiger partial charge in [0, 0.05) is 11.8 Å². The molecule has 2 heteroatoms. The maximum absolute atomic E-state index is 12.4. The largest absolute Gasteiger partial charge is 0.393 e. The molecule has 0 aromatic carbocycles. The van der Waals surface area contributed by atoms with Gasteiger partial charge in [0.1, 0.15) is 5.78 Å². The Balaban J connectivity index is 1.64. The van der Waals surface area contributed by atoms with Crippen molar-refractivity contribution in [1.29, 1.82) is 0 Å². The molecule has 1 N–H and O–H groups in total. The van der Waals surface area contributed by atoms with Gasteiger partial charge in [0.2, 0.25) is 0 Å². The summed E-state index contributed by atoms with van der Waals surface area (Å²) in [5.74, 6) is 3.54. The van der Waals surface area contributed by atoms with Gasteiger partial charge in [-0.15, -0.1) is 0 Å². The number of carbonyl (C=O) groups is 1. The van der Waals surface area contributed by atoms with Crippen LogP contribution in [-0.4, -0.2) is 17.0 Å². The van der Waals surface area contributed by atoms with Gasteiger partial charge in [0.25, 0.3) is 0 Å². The Morgan fingerprint density at radius 2 is 1.81 bits per heavy atom. The molecule has 4 aliphatic carbocycles. The van der Waals surface area contributed by atoms with E-state index in [4.69, 9.17) is 0 Å². The van der Waals surface area contributed by atoms with Gasteiger partial charge >= 0.3 is 0 Å². The molecule has 0 aliphatic heterocycles. The van der Waals surface area contributed by atoms with Crippen molar-refractivity contribution < 1.29 is 9.90 Å². The zero-order chi connectivity index (χ0) is 14.8. The van der Waals surface area contributed by atoms with Gasteiger partial charge in [-0.1, -0.05) is 13.8 Å². The molecule has 0 unspecified atom stereocenters. The van der Waals surface area contributed by atoms with Crippen LogP contribution >= 0.6 is 0 Å². The summed E-state index contributed by atoms with van der Waals surface area (Å²) < 4.78 is 0. The number of rotatable bonds is 0. The molecule has 0 saturated heterocycles. The van der Waals surface area contributed by atoms with Crippen molar-refractivity contribution in [1.82, 2.24) is 0 Å². The van der Waals surface area contributed by atoms with E-state index in [2.05, 4.69) is 13.8 Å². The number of ketones is 1. The first-order valence-electron chi connectivity index (χ1n) is 9.16. The van der Waals surface area contributed by atoms with Crippen LogP contribution in [0.2, 0.25) is 0 Å². The number of carbonyl (C=O) groups excluding carboxylic acids is 1. The summed E-state index contributed by atoms with van der Waals surface area (Å²) >= 11 is 0. The topological polar surface area (TPSA) is 37.3 Å². The highest BCUT2D eigenvalue weighted by Crippen LogP contribution is 2.65. The second-order valence-electron chi connectivity index (χ2n) is 9.00. The van der Waals surface area contributed by atoms with Crippen LogP contribution in [0.5, 0.6) is 0 Å². The van der Waals surface area contributed by atoms with Crippen molar-refractivity contribution in [2.24, 2.45) is 34.5 Å². The predicted molar refractivity (Wildman–Crippen MR) is 82.7 cm³/mol. The average molecular weight is 290 g/mol. The first kappa shape index (κ1) is 14.2. The first-order chi connectivity index (χ1) is 9.95. The van der Waals surface area contributed by atoms with Crippen LogP contribution in [0.25, 0.3) is 0 Å². The molecule has 21 heavy (non-hydrogen) atoms. The van der Waals surface area contributed by atoms with Crippen molar-refractivity contribution in [2.45, 2.75) is 77.7 Å². The van der Waals surface area contributed by atoms with Crippen LogP contribution in [0.1, 0.15) is 71.6 Å². The summed E-state index contributed by atoms with van der Waals surface area (Å²) in [5, 5.41) is 10.0. The molecular formula is C19H30O2. The molecule has 0 aromatic heterocycles. The molecular weight excluding hydrogens is 260 g/mol. The molecule has 0 amide bonds. The number of hydrogen-bond acceptors (Lipinski definition) is 2. The van der Waals surface area contributed by atoms with E-state index >= 15 is 0 Å². The minimum atomic E-state index is -0.0541. The molecule has 118 valence electrons. The normalized spacial score (nSPS) is 56.5. The van der Waals surface area contributed by atoms with E-state index in [1.165, 1.54) is 25.7 Å². The van der Waals surface area contributed by atoms with E-state index in [0.29, 0.717) is 17.1 Å². The van der Waals surface area contributed by atoms with Crippen molar-refractivity contribution in [3.05, 3.63) is 0 Å². The molecule has 0 radical (unpaired) electrons. The Bertz CT molecular complexity index is 458. The van der Waals surface area contributed by atoms with Gasteiger partial charge in [-0.05, 0) is 80.5 Å². The van der Waals surface area contributed by atoms with Crippen LogP contribution in [-0.2, 0) is 4.79 Å². The van der Waals surface area contributed by atoms with Crippen LogP contribution in [0.15, 0.2) is 0 Å². The third-order valence-corrected chi connectivity index (χ3v) is 8.35. The minimum absolute atomic E-state index is 0.0124. The lowest BCUT2D eigenvalue weighted by molar-refractivity contribution is -0.142. The summed E-state index contributed by atoms with van der Waals surface area (Å²) in [6.45, 7) is 4.78. The number of fused-ring (bicyclic) bond motifs is 5. The van der Waals surface area contributed by atoms with Crippen molar-refractivity contribution in [2.75, 3.05) is 0 Å². The number of aliphatic hydroxyl groups excluding tert-OH is 1. The Labute approximate surface area is 128 Å². The quantitative estimate of drug-likeness (QED) is 0.733. The number of hydrogen-bond donors (Lipinski definition) is 1. The lowest BCUT2D eigenvalue weighted by Crippen LogP contribution is -2.54. The van der Waals surface area contributed by atoms with Crippen molar-refractivity contribution in [3.63, 3.8) is 0 Å². The van der Waals surface area contributed by atoms with E-state index in [1.54, 1.807) is 0 Å². The fraction of sp³-hybridized carbons (Fsp3) is 0.947. The Morgan fingerprint density at radius 3 is 2.62 bits per heavy atom. The SMILES string of the molecule is C[C@@]12CC[C@H](O)C[C@@H]1CC[C@H]1[C@H]3CCC(=O)[C@]3(C)CC[C@@H]12. The summed E-state index contributed by atoms with van der Waals surface area (Å²) in [4.78, 5) is 12.4. The zero-order valence-electron chi connectivity index (χ0n) is 13.6. The standard InChI is InChI=1S/C19H30O2/c1-18-9-7-13(20)11-12(18)3-4-14-15-5-6-17(21)19(15,2)10-8-16(14)18/h12-16,20H,3-11H2,1-2H3/t12-,13-,14-,15+,16-,18+,19+/m0/s1. The molecule has 4 fully saturated rings. The van der Waals surface area contributed by atoms with E-state index in [9.17, 15) is 9.90 Å². The van der Waals surface area contributed by atoms with E-state index in [0.717, 1.165) is 49.9 Å². The molecule has 0 bridgehead atoms. The van der Waals surface area contributed by atoms with Gasteiger partial charge in [0.05, 0.1) is 6.10 Å². The third-order valence-electron chi connectivity index (χ3n) is 8.35. The van der Waals surface area contributed by atoms with Gasteiger partial charge in [0.15, 0.2) is 0 Å². The lowest BCUT2D eigenvalue weighted by Gasteiger charge is -2.60. The lowest BCUT2D eigenvalue weighted by atomic mass is 9.45. The smallest absolute Gasteiger partial charge is 0.139 e. The maximum Gasteiger partial charge on any atom is 0.139 e. The summed E-state index contributed by atoms with van der Waals surface area (Å²) in [7, 11) is 0. The first-order valence-corrected chi connectivity index (χ1v) is 9.16. The zero-order valence-corrected chi connectivity index (χ0v) is 13.6. The fourth-order valence-corrected chi connectivity index (χ4v) is 7.01. The summed E-state index contributed by atoms with van der Waals surface area (Å²) in [5.41, 5.74) is 0.452. The highest BCUT2D eigenvalue weighted by molar-refractivity contribution is 5.87. The predicted octanol–water partition coefficient (Wildman–Crippen LogP) is 3.96. The van der Waals surface area contributed by atoms with E-state index in [-0.39, 0.29) is 11.5 Å². The van der Waals surface area contributed by atoms with Gasteiger partial charge < -0.3 is 5.11 Å². The van der Waals surface area contributed by atoms with Gasteiger partial charge in [-0.2, -0.15) is 0 Å². The molecule has 4 rings (SSSR count). The fourth-order valence-electron chi connectivity index (χ4n) is 7.01. The molecule has 0 aromatic rings. The van der Waals surface area contributed by atoms with Crippen LogP contribution in [0, 0.1) is 34.5 Å². The van der Waals surface area contributed by atoms with Crippen molar-refractivity contribution >= 4 is 5.78 Å². The van der Waals surface area contributed by atoms with Crippen molar-refractivity contribution in [3.8, 4) is 0 Å². The molecule has 7 atom stereocenters. The van der Waals surface area contributed by atoms with Crippen LogP contribution < -0.4 is 0 Å². The van der Waals surface area contributed by atoms with Crippen LogP contribution in [0.4, 0.5) is 0 Å². The highest BCUT2D eigenvalue weighted by Gasteiger charge is 2.60. The van der Waals surface area contributed by atoms with E-state index < -0.39 is 0 Å². The summed E-state index contributed by atoms with van der Waals surface area (Å²) in [6, 6.07) is 0. The van der Waals surface area contributed by atoms with Gasteiger partial charge in [-0.3, -0.25) is 4.79 Å². The Hall–Kier alpha value is -0.370. The highest BCUT2D eigenvalue weighted by atomic mass is 16.3. The summed E-state index contributed by atoms with van der Waals surface area (Å²) in [6.07, 6.45) is 10.1. The number of aliphatic hydroxyl groups is 1. The maximum atomic E-state index is 12.4. The molecule has 4 saturated carbocycles. The molecule has 0 heterocycles. The Kier molecular flexibility index (Phi) is 3.10. The average Bonchev–Trinajstić information content (AvgIpc) is 2.76.